The molecule has 1 aliphatic rings. The second kappa shape index (κ2) is 11.1. The van der Waals surface area contributed by atoms with Gasteiger partial charge in [0.2, 0.25) is 5.91 Å². The van der Waals surface area contributed by atoms with Gasteiger partial charge in [0.25, 0.3) is 5.56 Å². The Morgan fingerprint density at radius 3 is 2.69 bits per heavy atom. The van der Waals surface area contributed by atoms with E-state index in [0.717, 1.165) is 31.5 Å². The molecule has 4 rings (SSSR count). The summed E-state index contributed by atoms with van der Waals surface area (Å²) in [6.07, 6.45) is 2.81. The first kappa shape index (κ1) is 25.0. The summed E-state index contributed by atoms with van der Waals surface area (Å²) >= 11 is 1.30. The largest absolute Gasteiger partial charge is 0.465 e. The van der Waals surface area contributed by atoms with Gasteiger partial charge in [-0.3, -0.25) is 14.2 Å². The second-order valence-electron chi connectivity index (χ2n) is 9.10. The number of nitrogens with zero attached hydrogens (tertiary/aromatic N) is 3. The van der Waals surface area contributed by atoms with Crippen molar-refractivity contribution in [2.24, 2.45) is 5.92 Å². The van der Waals surface area contributed by atoms with E-state index in [9.17, 15) is 14.4 Å². The van der Waals surface area contributed by atoms with Crippen LogP contribution in [0, 0.1) is 5.92 Å². The van der Waals surface area contributed by atoms with E-state index in [-0.39, 0.29) is 11.5 Å². The van der Waals surface area contributed by atoms with Crippen molar-refractivity contribution in [1.29, 1.82) is 0 Å². The quantitative estimate of drug-likeness (QED) is 0.279. The summed E-state index contributed by atoms with van der Waals surface area (Å²) in [6, 6.07) is 14.7. The number of hydrogen-bond acceptors (Lipinski definition) is 6. The van der Waals surface area contributed by atoms with E-state index >= 15 is 0 Å². The molecule has 2 atom stereocenters. The van der Waals surface area contributed by atoms with Crippen LogP contribution in [0.25, 0.3) is 10.9 Å². The van der Waals surface area contributed by atoms with E-state index < -0.39 is 11.2 Å². The Balaban J connectivity index is 1.69. The molecule has 0 N–H and O–H groups in total. The number of hydrogen-bond donors (Lipinski definition) is 0. The highest BCUT2D eigenvalue weighted by molar-refractivity contribution is 8.00. The molecule has 1 aromatic heterocycles. The SMILES string of the molecule is COC(=O)c1ccc2c(=O)n(CCc3ccccc3)c(SC(C)C(=O)N3CCCC(C)C3)nc2c1. The van der Waals surface area contributed by atoms with Crippen LogP contribution >= 0.6 is 11.8 Å². The van der Waals surface area contributed by atoms with E-state index in [1.807, 2.05) is 42.2 Å². The molecule has 1 amide bonds. The summed E-state index contributed by atoms with van der Waals surface area (Å²) in [6.45, 7) is 6.01. The van der Waals surface area contributed by atoms with E-state index in [1.165, 1.54) is 18.9 Å². The third-order valence-corrected chi connectivity index (χ3v) is 7.48. The maximum atomic E-state index is 13.5. The summed E-state index contributed by atoms with van der Waals surface area (Å²) < 4.78 is 6.48. The molecule has 1 saturated heterocycles. The maximum Gasteiger partial charge on any atom is 0.337 e. The van der Waals surface area contributed by atoms with Crippen LogP contribution < -0.4 is 5.56 Å². The van der Waals surface area contributed by atoms with Gasteiger partial charge in [0, 0.05) is 19.6 Å². The van der Waals surface area contributed by atoms with Crippen LogP contribution in [0.15, 0.2) is 58.5 Å². The summed E-state index contributed by atoms with van der Waals surface area (Å²) in [4.78, 5) is 45.4. The average molecular weight is 494 g/mol. The molecule has 3 aromatic rings. The zero-order valence-electron chi connectivity index (χ0n) is 20.4. The molecule has 8 heteroatoms. The van der Waals surface area contributed by atoms with Crippen molar-refractivity contribution in [3.05, 3.63) is 70.0 Å². The summed E-state index contributed by atoms with van der Waals surface area (Å²) in [5.41, 5.74) is 1.68. The Labute approximate surface area is 209 Å². The summed E-state index contributed by atoms with van der Waals surface area (Å²) in [5.74, 6) is 0.0669. The Kier molecular flexibility index (Phi) is 7.90. The van der Waals surface area contributed by atoms with Gasteiger partial charge in [0.05, 0.1) is 28.8 Å². The van der Waals surface area contributed by atoms with Gasteiger partial charge in [-0.05, 0) is 55.9 Å². The minimum atomic E-state index is -0.487. The van der Waals surface area contributed by atoms with Crippen molar-refractivity contribution in [3.8, 4) is 0 Å². The zero-order valence-corrected chi connectivity index (χ0v) is 21.2. The van der Waals surface area contributed by atoms with Crippen LogP contribution in [0.1, 0.15) is 42.6 Å². The molecule has 0 saturated carbocycles. The highest BCUT2D eigenvalue weighted by atomic mass is 32.2. The number of amides is 1. The molecule has 0 radical (unpaired) electrons. The van der Waals surface area contributed by atoms with Gasteiger partial charge in [-0.25, -0.2) is 9.78 Å². The molecular weight excluding hydrogens is 462 g/mol. The molecule has 0 aliphatic carbocycles. The van der Waals surface area contributed by atoms with Gasteiger partial charge in [-0.2, -0.15) is 0 Å². The molecule has 2 heterocycles. The van der Waals surface area contributed by atoms with Crippen molar-refractivity contribution >= 4 is 34.5 Å². The van der Waals surface area contributed by atoms with Crippen molar-refractivity contribution < 1.29 is 14.3 Å². The molecule has 1 aliphatic heterocycles. The lowest BCUT2D eigenvalue weighted by Gasteiger charge is -2.32. The van der Waals surface area contributed by atoms with Crippen molar-refractivity contribution in [2.75, 3.05) is 20.2 Å². The average Bonchev–Trinajstić information content (AvgIpc) is 2.87. The number of esters is 1. The predicted octanol–water partition coefficient (Wildman–Crippen LogP) is 4.16. The van der Waals surface area contributed by atoms with Gasteiger partial charge >= 0.3 is 5.97 Å². The third kappa shape index (κ3) is 5.75. The zero-order chi connectivity index (χ0) is 24.9. The van der Waals surface area contributed by atoms with Crippen LogP contribution in [0.3, 0.4) is 0 Å². The summed E-state index contributed by atoms with van der Waals surface area (Å²) in [5, 5.41) is 0.515. The number of carbonyl (C=O) groups is 2. The van der Waals surface area contributed by atoms with Crippen LogP contribution in [-0.2, 0) is 22.5 Å². The van der Waals surface area contributed by atoms with Crippen LogP contribution in [0.5, 0.6) is 0 Å². The van der Waals surface area contributed by atoms with Gasteiger partial charge < -0.3 is 9.64 Å². The Bertz CT molecular complexity index is 1270. The minimum Gasteiger partial charge on any atom is -0.465 e. The molecule has 2 unspecified atom stereocenters. The first-order chi connectivity index (χ1) is 16.9. The molecule has 184 valence electrons. The highest BCUT2D eigenvalue weighted by Crippen LogP contribution is 2.26. The highest BCUT2D eigenvalue weighted by Gasteiger charge is 2.27. The van der Waals surface area contributed by atoms with Gasteiger partial charge in [0.1, 0.15) is 0 Å². The van der Waals surface area contributed by atoms with Crippen molar-refractivity contribution in [1.82, 2.24) is 14.5 Å². The monoisotopic (exact) mass is 493 g/mol. The number of likely N-dealkylation sites (tertiary alicyclic amines) is 1. The number of benzene rings is 2. The molecule has 7 nitrogen and oxygen atoms in total. The van der Waals surface area contributed by atoms with E-state index in [1.54, 1.807) is 22.8 Å². The standard InChI is InChI=1S/C27H31N3O4S/c1-18-8-7-14-29(17-18)24(31)19(2)35-27-28-23-16-21(26(33)34-3)11-12-22(23)25(32)30(27)15-13-20-9-5-4-6-10-20/h4-6,9-12,16,18-19H,7-8,13-15,17H2,1-3H3. The lowest BCUT2D eigenvalue weighted by molar-refractivity contribution is -0.132. The lowest BCUT2D eigenvalue weighted by Crippen LogP contribution is -2.43. The van der Waals surface area contributed by atoms with Crippen LogP contribution in [0.2, 0.25) is 0 Å². The predicted molar refractivity (Wildman–Crippen MR) is 138 cm³/mol. The van der Waals surface area contributed by atoms with E-state index in [4.69, 9.17) is 9.72 Å². The number of ether oxygens (including phenoxy) is 1. The molecule has 1 fully saturated rings. The fraction of sp³-hybridized carbons (Fsp3) is 0.407. The first-order valence-electron chi connectivity index (χ1n) is 12.0. The Morgan fingerprint density at radius 2 is 1.97 bits per heavy atom. The Morgan fingerprint density at radius 1 is 1.20 bits per heavy atom. The second-order valence-corrected chi connectivity index (χ2v) is 10.4. The number of aryl methyl sites for hydroxylation is 1. The van der Waals surface area contributed by atoms with Gasteiger partial charge in [-0.1, -0.05) is 49.0 Å². The number of methoxy groups -OCH3 is 1. The first-order valence-corrected chi connectivity index (χ1v) is 12.9. The van der Waals surface area contributed by atoms with E-state index in [0.29, 0.717) is 40.5 Å². The fourth-order valence-corrected chi connectivity index (χ4v) is 5.49. The topological polar surface area (TPSA) is 81.5 Å². The van der Waals surface area contributed by atoms with Gasteiger partial charge in [0.15, 0.2) is 5.16 Å². The third-order valence-electron chi connectivity index (χ3n) is 6.41. The van der Waals surface area contributed by atoms with Crippen molar-refractivity contribution in [2.45, 2.75) is 50.1 Å². The molecule has 0 spiro atoms. The number of aromatic nitrogens is 2. The molecule has 2 aromatic carbocycles. The van der Waals surface area contributed by atoms with E-state index in [2.05, 4.69) is 6.92 Å². The number of carbonyl (C=O) groups excluding carboxylic acids is 2. The minimum absolute atomic E-state index is 0.0637. The fourth-order valence-electron chi connectivity index (χ4n) is 4.47. The number of rotatable bonds is 7. The summed E-state index contributed by atoms with van der Waals surface area (Å²) in [7, 11) is 1.32. The smallest absolute Gasteiger partial charge is 0.337 e. The normalized spacial score (nSPS) is 16.8. The maximum absolute atomic E-state index is 13.5. The Hall–Kier alpha value is -3.13. The number of thioether (sulfide) groups is 1. The van der Waals surface area contributed by atoms with Gasteiger partial charge in [-0.15, -0.1) is 0 Å². The molecule has 35 heavy (non-hydrogen) atoms. The van der Waals surface area contributed by atoms with Crippen LogP contribution in [-0.4, -0.2) is 51.8 Å². The number of piperidine rings is 1. The lowest BCUT2D eigenvalue weighted by atomic mass is 10.0. The van der Waals surface area contributed by atoms with Crippen molar-refractivity contribution in [3.63, 3.8) is 0 Å². The molecule has 0 bridgehead atoms. The number of fused-ring (bicyclic) bond motifs is 1. The molecular formula is C27H31N3O4S. The van der Waals surface area contributed by atoms with Crippen LogP contribution in [0.4, 0.5) is 0 Å².